The van der Waals surface area contributed by atoms with Crippen LogP contribution in [0.25, 0.3) is 0 Å². The van der Waals surface area contributed by atoms with Crippen molar-refractivity contribution < 1.29 is 4.79 Å². The fourth-order valence-corrected chi connectivity index (χ4v) is 0.703. The number of rotatable bonds is 2. The maximum absolute atomic E-state index is 10.3. The van der Waals surface area contributed by atoms with E-state index >= 15 is 0 Å². The first-order chi connectivity index (χ1) is 6.20. The molecular weight excluding hydrogens is 170 g/mol. The molecule has 0 radical (unpaired) electrons. The van der Waals surface area contributed by atoms with E-state index in [1.54, 1.807) is 24.5 Å². The quantitative estimate of drug-likeness (QED) is 0.319. The molecule has 0 aliphatic heterocycles. The number of urea groups is 1. The van der Waals surface area contributed by atoms with Gasteiger partial charge in [-0.05, 0) is 12.1 Å². The van der Waals surface area contributed by atoms with Gasteiger partial charge >= 0.3 is 6.03 Å². The molecule has 0 atom stereocenters. The highest BCUT2D eigenvalue weighted by molar-refractivity contribution is 5.97. The van der Waals surface area contributed by atoms with E-state index in [0.717, 1.165) is 0 Å². The van der Waals surface area contributed by atoms with E-state index in [1.807, 2.05) is 5.43 Å². The fraction of sp³-hybridized carbons (Fsp3) is 0. The summed E-state index contributed by atoms with van der Waals surface area (Å²) in [5.41, 5.74) is 13.0. The minimum Gasteiger partial charge on any atom is -0.382 e. The number of pyridine rings is 1. The molecule has 6 heteroatoms. The minimum absolute atomic E-state index is 0.182. The van der Waals surface area contributed by atoms with Crippen LogP contribution in [-0.2, 0) is 0 Å². The van der Waals surface area contributed by atoms with Gasteiger partial charge in [-0.1, -0.05) is 0 Å². The van der Waals surface area contributed by atoms with Gasteiger partial charge in [-0.25, -0.2) is 10.2 Å². The standard InChI is InChI=1S/C7H9N5O/c8-6(11-12-7(9)13)5-1-3-10-4-2-5/h1-4H,(H2,8,11)(H3,9,12,13). The van der Waals surface area contributed by atoms with Crippen molar-refractivity contribution in [3.63, 3.8) is 0 Å². The number of amides is 2. The Bertz CT molecular complexity index is 321. The molecule has 1 aromatic heterocycles. The zero-order chi connectivity index (χ0) is 9.68. The van der Waals surface area contributed by atoms with E-state index in [9.17, 15) is 4.79 Å². The Morgan fingerprint density at radius 1 is 1.38 bits per heavy atom. The Morgan fingerprint density at radius 2 is 2.00 bits per heavy atom. The van der Waals surface area contributed by atoms with Gasteiger partial charge in [0.25, 0.3) is 0 Å². The molecule has 68 valence electrons. The molecule has 0 fully saturated rings. The second-order valence-corrected chi connectivity index (χ2v) is 2.21. The van der Waals surface area contributed by atoms with Gasteiger partial charge in [-0.15, -0.1) is 0 Å². The molecule has 0 spiro atoms. The molecule has 0 aromatic carbocycles. The number of nitrogens with one attached hydrogen (secondary N) is 1. The number of hydrogen-bond donors (Lipinski definition) is 3. The van der Waals surface area contributed by atoms with Crippen LogP contribution in [0.4, 0.5) is 4.79 Å². The molecule has 2 amide bonds. The van der Waals surface area contributed by atoms with Gasteiger partial charge in [0.15, 0.2) is 5.84 Å². The summed E-state index contributed by atoms with van der Waals surface area (Å²) < 4.78 is 0. The second-order valence-electron chi connectivity index (χ2n) is 2.21. The van der Waals surface area contributed by atoms with Gasteiger partial charge < -0.3 is 11.5 Å². The zero-order valence-corrected chi connectivity index (χ0v) is 6.77. The topological polar surface area (TPSA) is 106 Å². The number of amidine groups is 1. The van der Waals surface area contributed by atoms with Gasteiger partial charge in [-0.3, -0.25) is 4.98 Å². The number of hydrogen-bond acceptors (Lipinski definition) is 3. The highest BCUT2D eigenvalue weighted by atomic mass is 16.2. The van der Waals surface area contributed by atoms with Crippen LogP contribution in [0.3, 0.4) is 0 Å². The zero-order valence-electron chi connectivity index (χ0n) is 6.77. The summed E-state index contributed by atoms with van der Waals surface area (Å²) in [5, 5.41) is 3.54. The largest absolute Gasteiger partial charge is 0.382 e. The number of nitrogens with zero attached hydrogens (tertiary/aromatic N) is 2. The number of nitrogens with two attached hydrogens (primary N) is 2. The van der Waals surface area contributed by atoms with Gasteiger partial charge in [0.1, 0.15) is 0 Å². The summed E-state index contributed by atoms with van der Waals surface area (Å²) in [4.78, 5) is 14.1. The van der Waals surface area contributed by atoms with Crippen LogP contribution in [0.5, 0.6) is 0 Å². The van der Waals surface area contributed by atoms with Crippen molar-refractivity contribution in [1.29, 1.82) is 0 Å². The third-order valence-corrected chi connectivity index (χ3v) is 1.26. The fourth-order valence-electron chi connectivity index (χ4n) is 0.703. The van der Waals surface area contributed by atoms with Gasteiger partial charge in [0.05, 0.1) is 0 Å². The first-order valence-electron chi connectivity index (χ1n) is 3.49. The van der Waals surface area contributed by atoms with Crippen molar-refractivity contribution in [2.75, 3.05) is 0 Å². The van der Waals surface area contributed by atoms with Crippen molar-refractivity contribution in [2.45, 2.75) is 0 Å². The summed E-state index contributed by atoms with van der Waals surface area (Å²) in [6.45, 7) is 0. The monoisotopic (exact) mass is 179 g/mol. The van der Waals surface area contributed by atoms with E-state index in [4.69, 9.17) is 11.5 Å². The third-order valence-electron chi connectivity index (χ3n) is 1.26. The summed E-state index contributed by atoms with van der Waals surface area (Å²) in [7, 11) is 0. The van der Waals surface area contributed by atoms with Crippen LogP contribution >= 0.6 is 0 Å². The van der Waals surface area contributed by atoms with Crippen molar-refractivity contribution >= 4 is 11.9 Å². The van der Waals surface area contributed by atoms with Gasteiger partial charge in [0, 0.05) is 18.0 Å². The summed E-state index contributed by atoms with van der Waals surface area (Å²) in [6, 6.07) is 2.58. The van der Waals surface area contributed by atoms with Crippen molar-refractivity contribution in [2.24, 2.45) is 16.6 Å². The third kappa shape index (κ3) is 2.78. The van der Waals surface area contributed by atoms with Crippen LogP contribution in [0.2, 0.25) is 0 Å². The van der Waals surface area contributed by atoms with E-state index in [1.165, 1.54) is 0 Å². The van der Waals surface area contributed by atoms with Crippen LogP contribution in [-0.4, -0.2) is 16.9 Å². The molecule has 1 rings (SSSR count). The molecule has 5 N–H and O–H groups in total. The summed E-state index contributed by atoms with van der Waals surface area (Å²) in [6.07, 6.45) is 3.14. The smallest absolute Gasteiger partial charge is 0.332 e. The van der Waals surface area contributed by atoms with E-state index in [2.05, 4.69) is 10.1 Å². The molecule has 1 aromatic rings. The first kappa shape index (κ1) is 8.98. The first-order valence-corrected chi connectivity index (χ1v) is 3.49. The maximum atomic E-state index is 10.3. The highest BCUT2D eigenvalue weighted by Crippen LogP contribution is 1.93. The minimum atomic E-state index is -0.753. The van der Waals surface area contributed by atoms with Gasteiger partial charge in [0.2, 0.25) is 0 Å². The predicted octanol–water partition coefficient (Wildman–Crippen LogP) is -0.630. The number of carbonyl (C=O) groups is 1. The van der Waals surface area contributed by atoms with Crippen LogP contribution in [0, 0.1) is 0 Å². The average Bonchev–Trinajstić information content (AvgIpc) is 2.15. The Morgan fingerprint density at radius 3 is 2.54 bits per heavy atom. The molecule has 0 unspecified atom stereocenters. The summed E-state index contributed by atoms with van der Waals surface area (Å²) in [5.74, 6) is 0.182. The van der Waals surface area contributed by atoms with Crippen LogP contribution in [0.15, 0.2) is 29.6 Å². The molecular formula is C7H9N5O. The second kappa shape index (κ2) is 4.05. The van der Waals surface area contributed by atoms with E-state index in [0.29, 0.717) is 5.56 Å². The van der Waals surface area contributed by atoms with Crippen LogP contribution < -0.4 is 16.9 Å². The Kier molecular flexibility index (Phi) is 2.80. The average molecular weight is 179 g/mol. The predicted molar refractivity (Wildman–Crippen MR) is 47.7 cm³/mol. The van der Waals surface area contributed by atoms with E-state index < -0.39 is 6.03 Å². The lowest BCUT2D eigenvalue weighted by Crippen LogP contribution is -2.28. The van der Waals surface area contributed by atoms with Crippen molar-refractivity contribution in [3.8, 4) is 0 Å². The van der Waals surface area contributed by atoms with Crippen LogP contribution in [0.1, 0.15) is 5.56 Å². The lowest BCUT2D eigenvalue weighted by Gasteiger charge is -1.98. The molecule has 0 aliphatic carbocycles. The Balaban J connectivity index is 2.73. The number of primary amides is 1. The molecule has 0 bridgehead atoms. The molecule has 6 nitrogen and oxygen atoms in total. The maximum Gasteiger partial charge on any atom is 0.332 e. The Hall–Kier alpha value is -2.11. The molecule has 0 aliphatic rings. The van der Waals surface area contributed by atoms with Gasteiger partial charge in [-0.2, -0.15) is 5.10 Å². The molecule has 0 saturated heterocycles. The lowest BCUT2D eigenvalue weighted by molar-refractivity contribution is 0.249. The van der Waals surface area contributed by atoms with E-state index in [-0.39, 0.29) is 5.84 Å². The molecule has 13 heavy (non-hydrogen) atoms. The van der Waals surface area contributed by atoms with Crippen molar-refractivity contribution in [1.82, 2.24) is 10.4 Å². The number of carbonyl (C=O) groups excluding carboxylic acids is 1. The molecule has 0 saturated carbocycles. The number of aromatic nitrogens is 1. The Labute approximate surface area is 74.6 Å². The SMILES string of the molecule is NC(=O)NN=C(N)c1ccncc1. The molecule has 1 heterocycles. The lowest BCUT2D eigenvalue weighted by atomic mass is 10.2. The van der Waals surface area contributed by atoms with Crippen molar-refractivity contribution in [3.05, 3.63) is 30.1 Å². The normalized spacial score (nSPS) is 10.9. The summed E-state index contributed by atoms with van der Waals surface area (Å²) >= 11 is 0. The highest BCUT2D eigenvalue weighted by Gasteiger charge is 1.96. The number of hydrazone groups is 1.